The lowest BCUT2D eigenvalue weighted by atomic mass is 9.68. The molecule has 152 valence electrons. The van der Waals surface area contributed by atoms with Crippen LogP contribution in [0.3, 0.4) is 0 Å². The van der Waals surface area contributed by atoms with E-state index in [-0.39, 0.29) is 23.4 Å². The number of fused-ring (bicyclic) bond motifs is 1. The zero-order valence-electron chi connectivity index (χ0n) is 16.6. The molecule has 5 heteroatoms. The number of aromatic nitrogens is 1. The van der Waals surface area contributed by atoms with Gasteiger partial charge in [-0.1, -0.05) is 18.9 Å². The molecule has 2 aliphatic heterocycles. The molecule has 0 aromatic carbocycles. The van der Waals surface area contributed by atoms with Crippen molar-refractivity contribution < 1.29 is 4.74 Å². The van der Waals surface area contributed by atoms with Crippen LogP contribution in [0.2, 0.25) is 0 Å². The normalized spacial score (nSPS) is 26.7. The first-order valence-electron chi connectivity index (χ1n) is 10.6. The minimum absolute atomic E-state index is 0. The lowest BCUT2D eigenvalue weighted by Gasteiger charge is -2.47. The van der Waals surface area contributed by atoms with Crippen molar-refractivity contribution in [2.24, 2.45) is 0 Å². The van der Waals surface area contributed by atoms with Crippen LogP contribution in [0.15, 0.2) is 35.8 Å². The number of pyridine rings is 1. The second-order valence-corrected chi connectivity index (χ2v) is 9.81. The van der Waals surface area contributed by atoms with Gasteiger partial charge in [0.1, 0.15) is 0 Å². The van der Waals surface area contributed by atoms with Crippen LogP contribution < -0.4 is 0 Å². The highest BCUT2D eigenvalue weighted by molar-refractivity contribution is 7.10. The maximum Gasteiger partial charge on any atom is 0.0691 e. The average molecular weight is 419 g/mol. The second kappa shape index (κ2) is 8.43. The van der Waals surface area contributed by atoms with Crippen molar-refractivity contribution >= 4 is 23.7 Å². The molecular formula is C23H31ClN2OS. The minimum Gasteiger partial charge on any atom is -0.375 e. The summed E-state index contributed by atoms with van der Waals surface area (Å²) >= 11 is 1.93. The molecule has 0 radical (unpaired) electrons. The monoisotopic (exact) mass is 418 g/mol. The van der Waals surface area contributed by atoms with E-state index in [4.69, 9.17) is 9.72 Å². The van der Waals surface area contributed by atoms with E-state index in [2.05, 4.69) is 28.5 Å². The van der Waals surface area contributed by atoms with Gasteiger partial charge < -0.3 is 4.74 Å². The Labute approximate surface area is 178 Å². The molecule has 28 heavy (non-hydrogen) atoms. The fourth-order valence-electron chi connectivity index (χ4n) is 5.67. The Hall–Kier alpha value is -0.940. The van der Waals surface area contributed by atoms with E-state index in [9.17, 15) is 0 Å². The lowest BCUT2D eigenvalue weighted by Crippen LogP contribution is -2.48. The Morgan fingerprint density at radius 3 is 2.86 bits per heavy atom. The number of thiophene rings is 1. The molecule has 1 saturated heterocycles. The molecule has 3 nitrogen and oxygen atoms in total. The molecule has 2 aromatic heterocycles. The fourth-order valence-corrected chi connectivity index (χ4v) is 6.56. The number of rotatable bonds is 4. The van der Waals surface area contributed by atoms with Crippen molar-refractivity contribution in [3.63, 3.8) is 0 Å². The quantitative estimate of drug-likeness (QED) is 0.666. The third-order valence-corrected chi connectivity index (χ3v) is 8.19. The average Bonchev–Trinajstić information content (AvgIpc) is 3.36. The predicted octanol–water partition coefficient (Wildman–Crippen LogP) is 5.37. The molecule has 1 saturated carbocycles. The van der Waals surface area contributed by atoms with Crippen LogP contribution in [0.1, 0.15) is 61.1 Å². The van der Waals surface area contributed by atoms with E-state index < -0.39 is 0 Å². The first kappa shape index (κ1) is 20.3. The second-order valence-electron chi connectivity index (χ2n) is 8.81. The van der Waals surface area contributed by atoms with Crippen molar-refractivity contribution in [2.75, 3.05) is 19.7 Å². The summed E-state index contributed by atoms with van der Waals surface area (Å²) in [5.41, 5.74) is 3.15. The van der Waals surface area contributed by atoms with Crippen LogP contribution in [0.4, 0.5) is 0 Å². The Balaban J connectivity index is 0.00000192. The maximum atomic E-state index is 6.39. The third-order valence-electron chi connectivity index (χ3n) is 7.17. The predicted molar refractivity (Wildman–Crippen MR) is 117 cm³/mol. The molecular weight excluding hydrogens is 388 g/mol. The van der Waals surface area contributed by atoms with E-state index >= 15 is 0 Å². The van der Waals surface area contributed by atoms with Crippen molar-refractivity contribution in [1.29, 1.82) is 0 Å². The standard InChI is InChI=1S/C23H30N2OS.ClH/c1-4-12-24-21(5-1)22(11-15-26-23(18-22)8-2-3-9-23)10-14-25-13-6-20-19(17-25)7-16-27-20;/h1,4-5,7,12,16H,2-3,6,8-11,13-15,17-18H2;1H/t22-;/m1./s1. The van der Waals surface area contributed by atoms with Crippen molar-refractivity contribution in [1.82, 2.24) is 9.88 Å². The van der Waals surface area contributed by atoms with Crippen molar-refractivity contribution in [2.45, 2.75) is 68.9 Å². The molecule has 2 fully saturated rings. The first-order chi connectivity index (χ1) is 13.3. The summed E-state index contributed by atoms with van der Waals surface area (Å²) in [5.74, 6) is 0. The molecule has 1 spiro atoms. The van der Waals surface area contributed by atoms with Gasteiger partial charge in [0, 0.05) is 41.9 Å². The van der Waals surface area contributed by atoms with Crippen LogP contribution >= 0.6 is 23.7 Å². The number of nitrogens with zero attached hydrogens (tertiary/aromatic N) is 2. The van der Waals surface area contributed by atoms with Crippen LogP contribution in [0.5, 0.6) is 0 Å². The van der Waals surface area contributed by atoms with Gasteiger partial charge in [-0.25, -0.2) is 0 Å². The Bertz CT molecular complexity index is 774. The van der Waals surface area contributed by atoms with E-state index in [0.717, 1.165) is 26.0 Å². The highest BCUT2D eigenvalue weighted by Crippen LogP contribution is 2.49. The lowest BCUT2D eigenvalue weighted by molar-refractivity contribution is -0.105. The maximum absolute atomic E-state index is 6.39. The van der Waals surface area contributed by atoms with E-state index in [1.54, 1.807) is 10.4 Å². The van der Waals surface area contributed by atoms with E-state index in [0.29, 0.717) is 0 Å². The fraction of sp³-hybridized carbons (Fsp3) is 0.609. The molecule has 0 unspecified atom stereocenters. The number of ether oxygens (including phenoxy) is 1. The molecule has 4 heterocycles. The molecule has 1 aliphatic carbocycles. The van der Waals surface area contributed by atoms with E-state index in [1.807, 2.05) is 23.6 Å². The van der Waals surface area contributed by atoms with Crippen LogP contribution in [0, 0.1) is 0 Å². The van der Waals surface area contributed by atoms with Gasteiger partial charge in [-0.15, -0.1) is 23.7 Å². The molecule has 0 amide bonds. The number of hydrogen-bond donors (Lipinski definition) is 0. The minimum atomic E-state index is 0. The van der Waals surface area contributed by atoms with Gasteiger partial charge in [0.15, 0.2) is 0 Å². The molecule has 2 aromatic rings. The summed E-state index contributed by atoms with van der Waals surface area (Å²) in [7, 11) is 0. The Morgan fingerprint density at radius 1 is 1.14 bits per heavy atom. The SMILES string of the molecule is Cl.c1ccc([C@]2(CCN3CCc4sccc4C3)CCOC3(CCCC3)C2)nc1. The summed E-state index contributed by atoms with van der Waals surface area (Å²) in [4.78, 5) is 9.11. The highest BCUT2D eigenvalue weighted by atomic mass is 35.5. The number of hydrogen-bond acceptors (Lipinski definition) is 4. The molecule has 1 atom stereocenters. The van der Waals surface area contributed by atoms with Crippen LogP contribution in [-0.4, -0.2) is 35.2 Å². The summed E-state index contributed by atoms with van der Waals surface area (Å²) in [6.45, 7) is 4.39. The molecule has 3 aliphatic rings. The van der Waals surface area contributed by atoms with Crippen molar-refractivity contribution in [3.05, 3.63) is 52.0 Å². The summed E-state index contributed by atoms with van der Waals surface area (Å²) in [6.07, 6.45) is 11.8. The zero-order valence-corrected chi connectivity index (χ0v) is 18.2. The summed E-state index contributed by atoms with van der Waals surface area (Å²) in [5, 5.41) is 2.26. The molecule has 0 N–H and O–H groups in total. The van der Waals surface area contributed by atoms with Crippen LogP contribution in [0.25, 0.3) is 0 Å². The topological polar surface area (TPSA) is 25.4 Å². The summed E-state index contributed by atoms with van der Waals surface area (Å²) in [6, 6.07) is 8.80. The van der Waals surface area contributed by atoms with Gasteiger partial charge in [0.05, 0.1) is 5.60 Å². The van der Waals surface area contributed by atoms with Crippen molar-refractivity contribution in [3.8, 4) is 0 Å². The molecule has 0 bridgehead atoms. The van der Waals surface area contributed by atoms with Gasteiger partial charge in [-0.05, 0) is 74.2 Å². The Kier molecular flexibility index (Phi) is 6.12. The largest absolute Gasteiger partial charge is 0.375 e. The van der Waals surface area contributed by atoms with Gasteiger partial charge in [0.25, 0.3) is 0 Å². The zero-order chi connectivity index (χ0) is 18.2. The first-order valence-corrected chi connectivity index (χ1v) is 11.5. The summed E-state index contributed by atoms with van der Waals surface area (Å²) < 4.78 is 6.39. The van der Waals surface area contributed by atoms with E-state index in [1.165, 1.54) is 57.3 Å². The van der Waals surface area contributed by atoms with Gasteiger partial charge in [-0.2, -0.15) is 0 Å². The highest BCUT2D eigenvalue weighted by Gasteiger charge is 2.48. The van der Waals surface area contributed by atoms with Crippen LogP contribution in [-0.2, 0) is 23.1 Å². The molecule has 5 rings (SSSR count). The van der Waals surface area contributed by atoms with Gasteiger partial charge in [-0.3, -0.25) is 9.88 Å². The smallest absolute Gasteiger partial charge is 0.0691 e. The number of halogens is 1. The Morgan fingerprint density at radius 2 is 2.04 bits per heavy atom. The van der Waals surface area contributed by atoms with Gasteiger partial charge >= 0.3 is 0 Å². The third kappa shape index (κ3) is 3.89. The van der Waals surface area contributed by atoms with Gasteiger partial charge in [0.2, 0.25) is 0 Å².